The Morgan fingerprint density at radius 2 is 1.95 bits per heavy atom. The van der Waals surface area contributed by atoms with E-state index in [2.05, 4.69) is 10.1 Å². The Kier molecular flexibility index (Phi) is 3.63. The molecule has 0 aliphatic rings. The quantitative estimate of drug-likeness (QED) is 0.688. The van der Waals surface area contributed by atoms with Crippen LogP contribution in [0.15, 0.2) is 40.9 Å². The van der Waals surface area contributed by atoms with Crippen LogP contribution in [0.1, 0.15) is 29.9 Å². The number of carbonyl (C=O) groups excluding carboxylic acids is 1. The zero-order chi connectivity index (χ0) is 15.7. The van der Waals surface area contributed by atoms with Gasteiger partial charge in [-0.05, 0) is 26.8 Å². The average molecular weight is 296 g/mol. The predicted molar refractivity (Wildman–Crippen MR) is 82.5 cm³/mol. The van der Waals surface area contributed by atoms with Crippen LogP contribution in [0.4, 0.5) is 0 Å². The van der Waals surface area contributed by atoms with Gasteiger partial charge in [-0.2, -0.15) is 0 Å². The largest absolute Gasteiger partial charge is 0.459 e. The van der Waals surface area contributed by atoms with Gasteiger partial charge in [0.25, 0.3) is 5.71 Å². The molecule has 5 heteroatoms. The Morgan fingerprint density at radius 1 is 1.23 bits per heavy atom. The first kappa shape index (κ1) is 14.3. The fraction of sp³-hybridized carbons (Fsp3) is 0.235. The second-order valence-corrected chi connectivity index (χ2v) is 5.32. The molecule has 22 heavy (non-hydrogen) atoms. The Labute approximate surface area is 127 Å². The van der Waals surface area contributed by atoms with E-state index >= 15 is 0 Å². The lowest BCUT2D eigenvalue weighted by atomic mass is 10.1. The summed E-state index contributed by atoms with van der Waals surface area (Å²) in [5, 5.41) is 4.51. The topological polar surface area (TPSA) is 65.2 Å². The third-order valence-electron chi connectivity index (χ3n) is 3.25. The van der Waals surface area contributed by atoms with E-state index in [-0.39, 0.29) is 6.10 Å². The summed E-state index contributed by atoms with van der Waals surface area (Å²) in [5.74, 6) is -0.397. The molecule has 2 heterocycles. The van der Waals surface area contributed by atoms with Crippen molar-refractivity contribution in [1.29, 1.82) is 0 Å². The molecule has 1 aromatic carbocycles. The van der Waals surface area contributed by atoms with Crippen molar-refractivity contribution in [2.75, 3.05) is 0 Å². The summed E-state index contributed by atoms with van der Waals surface area (Å²) in [5.41, 5.74) is 2.95. The maximum Gasteiger partial charge on any atom is 0.339 e. The molecule has 3 rings (SSSR count). The minimum atomic E-state index is -0.397. The van der Waals surface area contributed by atoms with Gasteiger partial charge < -0.3 is 9.26 Å². The van der Waals surface area contributed by atoms with Crippen LogP contribution in [0.3, 0.4) is 0 Å². The van der Waals surface area contributed by atoms with Crippen molar-refractivity contribution >= 4 is 17.1 Å². The highest BCUT2D eigenvalue weighted by atomic mass is 16.5. The molecule has 2 aromatic heterocycles. The van der Waals surface area contributed by atoms with Gasteiger partial charge in [-0.3, -0.25) is 0 Å². The second-order valence-electron chi connectivity index (χ2n) is 5.32. The van der Waals surface area contributed by atoms with E-state index in [0.29, 0.717) is 28.1 Å². The van der Waals surface area contributed by atoms with Crippen LogP contribution in [-0.2, 0) is 4.74 Å². The molecule has 0 unspecified atom stereocenters. The van der Waals surface area contributed by atoms with Crippen LogP contribution in [0.25, 0.3) is 22.4 Å². The van der Waals surface area contributed by atoms with Gasteiger partial charge >= 0.3 is 5.97 Å². The summed E-state index contributed by atoms with van der Waals surface area (Å²) in [7, 11) is 0. The minimum absolute atomic E-state index is 0.198. The van der Waals surface area contributed by atoms with Crippen LogP contribution >= 0.6 is 0 Å². The molecule has 0 spiro atoms. The number of ether oxygens (including phenoxy) is 1. The summed E-state index contributed by atoms with van der Waals surface area (Å²) in [6, 6.07) is 11.3. The molecule has 0 amide bonds. The molecular formula is C17H16N2O3. The minimum Gasteiger partial charge on any atom is -0.459 e. The van der Waals surface area contributed by atoms with Gasteiger partial charge in [-0.25, -0.2) is 9.78 Å². The first-order chi connectivity index (χ1) is 10.6. The number of aromatic nitrogens is 2. The third kappa shape index (κ3) is 2.57. The highest BCUT2D eigenvalue weighted by molar-refractivity contribution is 6.04. The number of carbonyl (C=O) groups is 1. The molecular weight excluding hydrogens is 280 g/mol. The molecule has 0 saturated heterocycles. The lowest BCUT2D eigenvalue weighted by Gasteiger charge is -2.10. The molecule has 5 nitrogen and oxygen atoms in total. The van der Waals surface area contributed by atoms with Crippen LogP contribution in [0, 0.1) is 6.92 Å². The number of fused-ring (bicyclic) bond motifs is 1. The lowest BCUT2D eigenvalue weighted by molar-refractivity contribution is 0.0380. The monoisotopic (exact) mass is 296 g/mol. The number of rotatable bonds is 3. The van der Waals surface area contributed by atoms with Crippen LogP contribution in [-0.4, -0.2) is 22.2 Å². The van der Waals surface area contributed by atoms with Gasteiger partial charge in [0.05, 0.1) is 28.4 Å². The molecule has 0 radical (unpaired) electrons. The number of pyridine rings is 1. The summed E-state index contributed by atoms with van der Waals surface area (Å²) < 4.78 is 10.6. The molecule has 3 aromatic rings. The molecule has 0 bridgehead atoms. The van der Waals surface area contributed by atoms with Gasteiger partial charge in [-0.15, -0.1) is 0 Å². The van der Waals surface area contributed by atoms with E-state index in [4.69, 9.17) is 9.26 Å². The van der Waals surface area contributed by atoms with Crippen molar-refractivity contribution in [2.24, 2.45) is 0 Å². The smallest absolute Gasteiger partial charge is 0.339 e. The summed E-state index contributed by atoms with van der Waals surface area (Å²) in [6.07, 6.45) is -0.198. The normalized spacial score (nSPS) is 11.1. The number of hydrogen-bond donors (Lipinski definition) is 0. The number of hydrogen-bond acceptors (Lipinski definition) is 5. The second kappa shape index (κ2) is 5.60. The fourth-order valence-corrected chi connectivity index (χ4v) is 2.29. The van der Waals surface area contributed by atoms with Gasteiger partial charge in [0.2, 0.25) is 0 Å². The summed E-state index contributed by atoms with van der Waals surface area (Å²) >= 11 is 0. The van der Waals surface area contributed by atoms with Gasteiger partial charge in [0.1, 0.15) is 0 Å². The Hall–Kier alpha value is -2.69. The third-order valence-corrected chi connectivity index (χ3v) is 3.25. The van der Waals surface area contributed by atoms with Gasteiger partial charge in [-0.1, -0.05) is 35.5 Å². The van der Waals surface area contributed by atoms with Crippen LogP contribution in [0.2, 0.25) is 0 Å². The van der Waals surface area contributed by atoms with Gasteiger partial charge in [0, 0.05) is 5.56 Å². The van der Waals surface area contributed by atoms with Crippen molar-refractivity contribution in [1.82, 2.24) is 10.1 Å². The van der Waals surface area contributed by atoms with Crippen molar-refractivity contribution in [3.63, 3.8) is 0 Å². The molecule has 0 aliphatic carbocycles. The Balaban J connectivity index is 2.20. The number of benzene rings is 1. The number of nitrogens with zero attached hydrogens (tertiary/aromatic N) is 2. The van der Waals surface area contributed by atoms with Crippen LogP contribution in [0.5, 0.6) is 0 Å². The summed E-state index contributed by atoms with van der Waals surface area (Å²) in [6.45, 7) is 5.41. The molecule has 0 fully saturated rings. The standard InChI is InChI=1S/C17H16N2O3/c1-10(2)21-17(20)13-9-14(12-7-5-4-6-8-12)18-16-15(13)11(3)19-22-16/h4-10H,1-3H3. The highest BCUT2D eigenvalue weighted by Crippen LogP contribution is 2.27. The molecule has 0 saturated carbocycles. The zero-order valence-electron chi connectivity index (χ0n) is 12.7. The number of esters is 1. The van der Waals surface area contributed by atoms with Crippen molar-refractivity contribution in [2.45, 2.75) is 26.9 Å². The van der Waals surface area contributed by atoms with E-state index in [1.165, 1.54) is 0 Å². The van der Waals surface area contributed by atoms with E-state index in [1.807, 2.05) is 44.2 Å². The average Bonchev–Trinajstić information content (AvgIpc) is 2.88. The molecule has 112 valence electrons. The van der Waals surface area contributed by atoms with Crippen molar-refractivity contribution in [3.05, 3.63) is 47.7 Å². The first-order valence-electron chi connectivity index (χ1n) is 7.09. The summed E-state index contributed by atoms with van der Waals surface area (Å²) in [4.78, 5) is 16.8. The van der Waals surface area contributed by atoms with Crippen molar-refractivity contribution in [3.8, 4) is 11.3 Å². The Morgan fingerprint density at radius 3 is 2.64 bits per heavy atom. The van der Waals surface area contributed by atoms with Gasteiger partial charge in [0.15, 0.2) is 0 Å². The first-order valence-corrected chi connectivity index (χ1v) is 7.09. The SMILES string of the molecule is Cc1noc2nc(-c3ccccc3)cc(C(=O)OC(C)C)c12. The molecule has 0 N–H and O–H groups in total. The Bertz CT molecular complexity index is 823. The maximum atomic E-state index is 12.4. The highest BCUT2D eigenvalue weighted by Gasteiger charge is 2.20. The molecule has 0 aliphatic heterocycles. The van der Waals surface area contributed by atoms with E-state index < -0.39 is 5.97 Å². The number of aryl methyl sites for hydroxylation is 1. The van der Waals surface area contributed by atoms with E-state index in [9.17, 15) is 4.79 Å². The molecule has 0 atom stereocenters. The van der Waals surface area contributed by atoms with E-state index in [0.717, 1.165) is 5.56 Å². The lowest BCUT2D eigenvalue weighted by Crippen LogP contribution is -2.12. The van der Waals surface area contributed by atoms with E-state index in [1.54, 1.807) is 13.0 Å². The zero-order valence-corrected chi connectivity index (χ0v) is 12.7. The fourth-order valence-electron chi connectivity index (χ4n) is 2.29. The van der Waals surface area contributed by atoms with Crippen LogP contribution < -0.4 is 0 Å². The predicted octanol–water partition coefficient (Wildman–Crippen LogP) is 3.76. The van der Waals surface area contributed by atoms with Crippen molar-refractivity contribution < 1.29 is 14.1 Å². The maximum absolute atomic E-state index is 12.4.